The van der Waals surface area contributed by atoms with E-state index in [1.165, 1.54) is 12.1 Å². The number of benzene rings is 1. The highest BCUT2D eigenvalue weighted by Crippen LogP contribution is 2.50. The summed E-state index contributed by atoms with van der Waals surface area (Å²) >= 11 is 0. The molecular formula is C19H20F3N3O2. The molecule has 8 heteroatoms. The minimum Gasteiger partial charge on any atom is -0.406 e. The predicted molar refractivity (Wildman–Crippen MR) is 94.4 cm³/mol. The molecule has 144 valence electrons. The number of ether oxygens (including phenoxy) is 1. The van der Waals surface area contributed by atoms with Crippen LogP contribution in [0.4, 0.5) is 13.2 Å². The van der Waals surface area contributed by atoms with Crippen LogP contribution in [0.1, 0.15) is 30.2 Å². The van der Waals surface area contributed by atoms with Crippen molar-refractivity contribution in [1.29, 1.82) is 0 Å². The average Bonchev–Trinajstić information content (AvgIpc) is 2.57. The maximum Gasteiger partial charge on any atom is 0.573 e. The number of hydrogen-bond acceptors (Lipinski definition) is 5. The average molecular weight is 379 g/mol. The van der Waals surface area contributed by atoms with Gasteiger partial charge < -0.3 is 14.9 Å². The highest BCUT2D eigenvalue weighted by molar-refractivity contribution is 5.93. The van der Waals surface area contributed by atoms with E-state index in [1.54, 1.807) is 41.5 Å². The standard InChI is InChI=1S/C19H20F3N3O2/c1-25(2)24-14-11-18(12-14,17(26)16-5-3-4-10-23-16)13-6-8-15(9-7-13)27-19(20,21)22/h3-10,17,26H,11-12H2,1-2H3. The normalized spacial score (nSPS) is 20.6. The molecule has 1 fully saturated rings. The Balaban J connectivity index is 1.92. The predicted octanol–water partition coefficient (Wildman–Crippen LogP) is 3.66. The topological polar surface area (TPSA) is 58.0 Å². The number of aliphatic hydroxyl groups excluding tert-OH is 1. The van der Waals surface area contributed by atoms with E-state index in [0.717, 1.165) is 5.71 Å². The Kier molecular flexibility index (Phi) is 5.10. The van der Waals surface area contributed by atoms with Gasteiger partial charge in [0.25, 0.3) is 0 Å². The molecule has 1 aliphatic rings. The molecule has 0 bridgehead atoms. The summed E-state index contributed by atoms with van der Waals surface area (Å²) in [6.45, 7) is 0. The van der Waals surface area contributed by atoms with Gasteiger partial charge in [0.15, 0.2) is 0 Å². The summed E-state index contributed by atoms with van der Waals surface area (Å²) < 4.78 is 41.1. The Bertz CT molecular complexity index is 797. The van der Waals surface area contributed by atoms with E-state index in [4.69, 9.17) is 0 Å². The number of hydrogen-bond donors (Lipinski definition) is 1. The molecule has 1 aromatic carbocycles. The first-order valence-corrected chi connectivity index (χ1v) is 8.38. The van der Waals surface area contributed by atoms with Gasteiger partial charge >= 0.3 is 6.36 Å². The van der Waals surface area contributed by atoms with Gasteiger partial charge in [-0.3, -0.25) is 4.98 Å². The third-order valence-electron chi connectivity index (χ3n) is 4.53. The molecule has 0 spiro atoms. The van der Waals surface area contributed by atoms with Crippen molar-refractivity contribution in [1.82, 2.24) is 9.99 Å². The van der Waals surface area contributed by atoms with Gasteiger partial charge in [0, 0.05) is 44.3 Å². The Morgan fingerprint density at radius 1 is 1.15 bits per heavy atom. The van der Waals surface area contributed by atoms with E-state index in [2.05, 4.69) is 14.8 Å². The Morgan fingerprint density at radius 2 is 1.81 bits per heavy atom. The van der Waals surface area contributed by atoms with Gasteiger partial charge in [0.05, 0.1) is 5.69 Å². The summed E-state index contributed by atoms with van der Waals surface area (Å²) in [6, 6.07) is 10.9. The first-order valence-electron chi connectivity index (χ1n) is 8.38. The zero-order chi connectivity index (χ0) is 19.7. The molecule has 2 aromatic rings. The van der Waals surface area contributed by atoms with Crippen molar-refractivity contribution in [2.45, 2.75) is 30.7 Å². The molecule has 5 nitrogen and oxygen atoms in total. The lowest BCUT2D eigenvalue weighted by Crippen LogP contribution is -2.47. The second kappa shape index (κ2) is 7.19. The summed E-state index contributed by atoms with van der Waals surface area (Å²) in [5, 5.41) is 17.1. The number of rotatable bonds is 5. The SMILES string of the molecule is CN(C)N=C1CC(c2ccc(OC(F)(F)F)cc2)(C(O)c2ccccn2)C1. The second-order valence-electron chi connectivity index (χ2n) is 6.75. The van der Waals surface area contributed by atoms with Gasteiger partial charge in [-0.2, -0.15) is 5.10 Å². The third-order valence-corrected chi connectivity index (χ3v) is 4.53. The van der Waals surface area contributed by atoms with Crippen molar-refractivity contribution < 1.29 is 23.0 Å². The van der Waals surface area contributed by atoms with Crippen molar-refractivity contribution in [3.8, 4) is 5.75 Å². The molecule has 1 saturated carbocycles. The van der Waals surface area contributed by atoms with Gasteiger partial charge in [-0.15, -0.1) is 13.2 Å². The molecule has 1 N–H and O–H groups in total. The van der Waals surface area contributed by atoms with Crippen LogP contribution in [0.3, 0.4) is 0 Å². The summed E-state index contributed by atoms with van der Waals surface area (Å²) in [5.41, 5.74) is 1.44. The second-order valence-corrected chi connectivity index (χ2v) is 6.75. The number of aromatic nitrogens is 1. The van der Waals surface area contributed by atoms with Crippen molar-refractivity contribution >= 4 is 5.71 Å². The van der Waals surface area contributed by atoms with Crippen LogP contribution in [0.15, 0.2) is 53.8 Å². The zero-order valence-corrected chi connectivity index (χ0v) is 14.9. The molecule has 0 aliphatic heterocycles. The fraction of sp³-hybridized carbons (Fsp3) is 0.368. The van der Waals surface area contributed by atoms with E-state index >= 15 is 0 Å². The fourth-order valence-electron chi connectivity index (χ4n) is 3.39. The molecule has 1 aromatic heterocycles. The van der Waals surface area contributed by atoms with Crippen LogP contribution in [0.2, 0.25) is 0 Å². The highest BCUT2D eigenvalue weighted by Gasteiger charge is 2.50. The molecule has 3 rings (SSSR count). The van der Waals surface area contributed by atoms with Crippen LogP contribution in [0.5, 0.6) is 5.75 Å². The maximum atomic E-state index is 12.4. The molecule has 1 atom stereocenters. The largest absolute Gasteiger partial charge is 0.573 e. The molecule has 0 amide bonds. The Hall–Kier alpha value is -2.61. The lowest BCUT2D eigenvalue weighted by Gasteiger charge is -2.46. The Morgan fingerprint density at radius 3 is 2.33 bits per heavy atom. The number of pyridine rings is 1. The molecule has 1 unspecified atom stereocenters. The van der Waals surface area contributed by atoms with Crippen LogP contribution in [0.25, 0.3) is 0 Å². The van der Waals surface area contributed by atoms with Crippen LogP contribution in [0, 0.1) is 0 Å². The molecule has 1 heterocycles. The van der Waals surface area contributed by atoms with Crippen molar-refractivity contribution in [2.75, 3.05) is 14.1 Å². The Labute approximate surface area is 155 Å². The van der Waals surface area contributed by atoms with Gasteiger partial charge in [-0.25, -0.2) is 0 Å². The van der Waals surface area contributed by atoms with Gasteiger partial charge in [-0.05, 0) is 29.8 Å². The summed E-state index contributed by atoms with van der Waals surface area (Å²) in [5.74, 6) is -0.296. The lowest BCUT2D eigenvalue weighted by atomic mass is 9.59. The third kappa shape index (κ3) is 4.21. The van der Waals surface area contributed by atoms with Gasteiger partial charge in [0.2, 0.25) is 0 Å². The molecule has 0 radical (unpaired) electrons. The maximum absolute atomic E-state index is 12.4. The van der Waals surface area contributed by atoms with Crippen LogP contribution >= 0.6 is 0 Å². The fourth-order valence-corrected chi connectivity index (χ4v) is 3.39. The molecule has 1 aliphatic carbocycles. The zero-order valence-electron chi connectivity index (χ0n) is 14.9. The number of hydrazone groups is 1. The summed E-state index contributed by atoms with van der Waals surface area (Å²) in [6.07, 6.45) is -3.08. The molecule has 0 saturated heterocycles. The van der Waals surface area contributed by atoms with E-state index in [9.17, 15) is 18.3 Å². The van der Waals surface area contributed by atoms with Crippen LogP contribution in [-0.2, 0) is 5.41 Å². The minimum atomic E-state index is -4.74. The van der Waals surface area contributed by atoms with E-state index in [1.807, 2.05) is 14.1 Å². The first-order chi connectivity index (χ1) is 12.7. The number of halogens is 3. The number of nitrogens with zero attached hydrogens (tertiary/aromatic N) is 3. The monoisotopic (exact) mass is 379 g/mol. The summed E-state index contributed by atoms with van der Waals surface area (Å²) in [7, 11) is 3.62. The van der Waals surface area contributed by atoms with Crippen LogP contribution < -0.4 is 4.74 Å². The quantitative estimate of drug-likeness (QED) is 0.806. The molecule has 27 heavy (non-hydrogen) atoms. The van der Waals surface area contributed by atoms with Gasteiger partial charge in [-0.1, -0.05) is 18.2 Å². The van der Waals surface area contributed by atoms with Crippen molar-refractivity contribution in [2.24, 2.45) is 5.10 Å². The van der Waals surface area contributed by atoms with E-state index < -0.39 is 17.9 Å². The highest BCUT2D eigenvalue weighted by atomic mass is 19.4. The molecular weight excluding hydrogens is 359 g/mol. The van der Waals surface area contributed by atoms with Gasteiger partial charge in [0.1, 0.15) is 11.9 Å². The lowest BCUT2D eigenvalue weighted by molar-refractivity contribution is -0.274. The van der Waals surface area contributed by atoms with Crippen LogP contribution in [-0.4, -0.2) is 41.3 Å². The number of alkyl halides is 3. The van der Waals surface area contributed by atoms with E-state index in [-0.39, 0.29) is 5.75 Å². The van der Waals surface area contributed by atoms with Crippen molar-refractivity contribution in [3.05, 3.63) is 59.9 Å². The van der Waals surface area contributed by atoms with Crippen molar-refractivity contribution in [3.63, 3.8) is 0 Å². The number of aliphatic hydroxyl groups is 1. The minimum absolute atomic E-state index is 0.296. The van der Waals surface area contributed by atoms with E-state index in [0.29, 0.717) is 24.1 Å². The smallest absolute Gasteiger partial charge is 0.406 e. The summed E-state index contributed by atoms with van der Waals surface area (Å²) in [4.78, 5) is 4.23. The first kappa shape index (κ1) is 19.2.